The molecule has 1 aliphatic rings. The third-order valence-electron chi connectivity index (χ3n) is 3.49. The summed E-state index contributed by atoms with van der Waals surface area (Å²) in [7, 11) is -3.92. The van der Waals surface area contributed by atoms with Crippen LogP contribution in [0.4, 0.5) is 0 Å². The zero-order valence-electron chi connectivity index (χ0n) is 11.4. The Bertz CT molecular complexity index is 479. The van der Waals surface area contributed by atoms with E-state index in [4.69, 9.17) is 0 Å². The van der Waals surface area contributed by atoms with Crippen LogP contribution >= 0.6 is 7.29 Å². The van der Waals surface area contributed by atoms with Crippen molar-refractivity contribution in [2.75, 3.05) is 0 Å². The molecule has 2 rings (SSSR count). The summed E-state index contributed by atoms with van der Waals surface area (Å²) in [6.07, 6.45) is 0. The molecule has 0 aromatic heterocycles. The average molecular weight is 267 g/mol. The van der Waals surface area contributed by atoms with E-state index in [9.17, 15) is 4.57 Å². The van der Waals surface area contributed by atoms with Gasteiger partial charge in [-0.2, -0.15) is 0 Å². The first kappa shape index (κ1) is 13.1. The van der Waals surface area contributed by atoms with Crippen LogP contribution in [0, 0.1) is 0 Å². The minimum Gasteiger partial charge on any atom is -0.302 e. The van der Waals surface area contributed by atoms with Crippen molar-refractivity contribution in [2.24, 2.45) is 0 Å². The van der Waals surface area contributed by atoms with Gasteiger partial charge in [0, 0.05) is 17.5 Å². The molecule has 1 heterocycles. The summed E-state index contributed by atoms with van der Waals surface area (Å²) < 4.78 is 15.8. The lowest BCUT2D eigenvalue weighted by atomic mass is 10.2. The minimum atomic E-state index is -2.37. The van der Waals surface area contributed by atoms with Crippen LogP contribution in [0.5, 0.6) is 0 Å². The predicted molar refractivity (Wildman–Crippen MR) is 77.7 cm³/mol. The molecule has 1 aliphatic heterocycles. The van der Waals surface area contributed by atoms with E-state index in [2.05, 4.69) is 56.0 Å². The van der Waals surface area contributed by atoms with E-state index in [1.165, 1.54) is 5.56 Å². The van der Waals surface area contributed by atoms with Crippen LogP contribution in [0.1, 0.15) is 19.4 Å². The highest BCUT2D eigenvalue weighted by Gasteiger charge is 2.47. The largest absolute Gasteiger partial charge is 0.302 e. The second kappa shape index (κ2) is 4.08. The van der Waals surface area contributed by atoms with Crippen LogP contribution < -0.4 is 5.30 Å². The van der Waals surface area contributed by atoms with Gasteiger partial charge in [0.1, 0.15) is 8.24 Å². The Labute approximate surface area is 106 Å². The molecule has 0 fully saturated rings. The number of nitrogens with zero attached hydrogens (tertiary/aromatic N) is 1. The molecule has 17 heavy (non-hydrogen) atoms. The molecule has 4 heteroatoms. The molecule has 0 spiro atoms. The highest BCUT2D eigenvalue weighted by molar-refractivity contribution is 7.72. The van der Waals surface area contributed by atoms with Crippen LogP contribution in [0.3, 0.4) is 0 Å². The maximum Gasteiger partial charge on any atom is 0.175 e. The SMILES string of the molecule is CC(C)P1(=O)c2ccccc2CN1[Si](C)(C)C. The molecule has 2 nitrogen and oxygen atoms in total. The van der Waals surface area contributed by atoms with Gasteiger partial charge >= 0.3 is 0 Å². The summed E-state index contributed by atoms with van der Waals surface area (Å²) in [5.74, 6) is 0. The Hall–Kier alpha value is -0.373. The summed E-state index contributed by atoms with van der Waals surface area (Å²) in [4.78, 5) is 0. The van der Waals surface area contributed by atoms with Gasteiger partial charge in [0.25, 0.3) is 0 Å². The smallest absolute Gasteiger partial charge is 0.175 e. The van der Waals surface area contributed by atoms with Crippen molar-refractivity contribution in [1.29, 1.82) is 0 Å². The Morgan fingerprint density at radius 2 is 1.82 bits per heavy atom. The van der Waals surface area contributed by atoms with Crippen LogP contribution in [0.15, 0.2) is 24.3 Å². The quantitative estimate of drug-likeness (QED) is 0.602. The van der Waals surface area contributed by atoms with Gasteiger partial charge in [0.2, 0.25) is 0 Å². The van der Waals surface area contributed by atoms with Gasteiger partial charge in [0.15, 0.2) is 7.29 Å². The first-order valence-corrected chi connectivity index (χ1v) is 11.4. The van der Waals surface area contributed by atoms with E-state index in [1.807, 2.05) is 6.07 Å². The molecule has 0 N–H and O–H groups in total. The van der Waals surface area contributed by atoms with Crippen LogP contribution in [-0.4, -0.2) is 18.2 Å². The van der Waals surface area contributed by atoms with Gasteiger partial charge < -0.3 is 4.57 Å². The number of hydrogen-bond donors (Lipinski definition) is 0. The van der Waals surface area contributed by atoms with Gasteiger partial charge in [-0.25, -0.2) is 0 Å². The van der Waals surface area contributed by atoms with E-state index in [1.54, 1.807) is 0 Å². The highest BCUT2D eigenvalue weighted by atomic mass is 31.2. The molecule has 0 saturated carbocycles. The second-order valence-electron chi connectivity index (χ2n) is 6.07. The zero-order chi connectivity index (χ0) is 12.8. The maximum absolute atomic E-state index is 13.5. The molecule has 1 aromatic rings. The average Bonchev–Trinajstić information content (AvgIpc) is 2.54. The molecule has 1 aromatic carbocycles. The van der Waals surface area contributed by atoms with E-state index < -0.39 is 15.5 Å². The Balaban J connectivity index is 2.61. The summed E-state index contributed by atoms with van der Waals surface area (Å²) in [6.45, 7) is 11.9. The van der Waals surface area contributed by atoms with E-state index in [0.29, 0.717) is 0 Å². The zero-order valence-corrected chi connectivity index (χ0v) is 13.3. The van der Waals surface area contributed by atoms with Crippen LogP contribution in [0.2, 0.25) is 19.6 Å². The van der Waals surface area contributed by atoms with Crippen LogP contribution in [0.25, 0.3) is 0 Å². The Kier molecular flexibility index (Phi) is 3.14. The van der Waals surface area contributed by atoms with Gasteiger partial charge in [-0.15, -0.1) is 0 Å². The van der Waals surface area contributed by atoms with E-state index in [-0.39, 0.29) is 5.66 Å². The van der Waals surface area contributed by atoms with E-state index >= 15 is 0 Å². The van der Waals surface area contributed by atoms with Crippen molar-refractivity contribution in [2.45, 2.75) is 45.7 Å². The summed E-state index contributed by atoms with van der Waals surface area (Å²) in [5, 5.41) is 1.11. The third-order valence-corrected chi connectivity index (χ3v) is 11.3. The molecule has 0 saturated heterocycles. The molecule has 94 valence electrons. The third kappa shape index (κ3) is 1.94. The number of fused-ring (bicyclic) bond motifs is 1. The molecule has 0 bridgehead atoms. The number of rotatable bonds is 2. The Morgan fingerprint density at radius 1 is 1.24 bits per heavy atom. The van der Waals surface area contributed by atoms with Crippen molar-refractivity contribution in [3.8, 4) is 0 Å². The lowest BCUT2D eigenvalue weighted by molar-refractivity contribution is 0.526. The monoisotopic (exact) mass is 267 g/mol. The maximum atomic E-state index is 13.5. The van der Waals surface area contributed by atoms with Gasteiger partial charge in [-0.1, -0.05) is 51.7 Å². The summed E-state index contributed by atoms with van der Waals surface area (Å²) in [6, 6.07) is 8.26. The molecule has 0 amide bonds. The first-order chi connectivity index (χ1) is 7.78. The van der Waals surface area contributed by atoms with Crippen molar-refractivity contribution in [3.05, 3.63) is 29.8 Å². The van der Waals surface area contributed by atoms with Gasteiger partial charge in [0.05, 0.1) is 0 Å². The molecular formula is C13H22NOPSi. The van der Waals surface area contributed by atoms with E-state index in [0.717, 1.165) is 11.8 Å². The molecular weight excluding hydrogens is 245 g/mol. The van der Waals surface area contributed by atoms with Gasteiger partial charge in [-0.05, 0) is 11.6 Å². The van der Waals surface area contributed by atoms with Gasteiger partial charge in [-0.3, -0.25) is 4.34 Å². The first-order valence-electron chi connectivity index (χ1n) is 6.24. The minimum absolute atomic E-state index is 0.206. The molecule has 0 radical (unpaired) electrons. The fourth-order valence-corrected chi connectivity index (χ4v) is 10.4. The fraction of sp³-hybridized carbons (Fsp3) is 0.538. The van der Waals surface area contributed by atoms with Crippen molar-refractivity contribution in [1.82, 2.24) is 4.34 Å². The van der Waals surface area contributed by atoms with Crippen molar-refractivity contribution in [3.63, 3.8) is 0 Å². The predicted octanol–water partition coefficient (Wildman–Crippen LogP) is 3.65. The fourth-order valence-electron chi connectivity index (χ4n) is 2.59. The molecule has 1 unspecified atom stereocenters. The Morgan fingerprint density at radius 3 is 2.35 bits per heavy atom. The topological polar surface area (TPSA) is 20.3 Å². The molecule has 0 aliphatic carbocycles. The summed E-state index contributed by atoms with van der Waals surface area (Å²) >= 11 is 0. The normalized spacial score (nSPS) is 25.3. The number of hydrogen-bond acceptors (Lipinski definition) is 1. The lowest BCUT2D eigenvalue weighted by Crippen LogP contribution is -2.42. The van der Waals surface area contributed by atoms with Crippen molar-refractivity contribution < 1.29 is 4.57 Å². The van der Waals surface area contributed by atoms with Crippen LogP contribution in [-0.2, 0) is 11.1 Å². The summed E-state index contributed by atoms with van der Waals surface area (Å²) in [5.41, 5.74) is 1.48. The highest BCUT2D eigenvalue weighted by Crippen LogP contribution is 2.60. The standard InChI is InChI=1S/C13H22NOPSi/c1-11(2)16(15)13-9-7-6-8-12(13)10-14(16)17(3,4)5/h6-9,11H,10H2,1-5H3. The number of benzene rings is 1. The lowest BCUT2D eigenvalue weighted by Gasteiger charge is -2.37. The van der Waals surface area contributed by atoms with Crippen molar-refractivity contribution >= 4 is 20.8 Å². The molecule has 1 atom stereocenters. The second-order valence-corrected chi connectivity index (χ2v) is 14.6.